The smallest absolute Gasteiger partial charge is 0.246 e. The van der Waals surface area contributed by atoms with Crippen LogP contribution >= 0.6 is 0 Å². The van der Waals surface area contributed by atoms with Gasteiger partial charge in [0.1, 0.15) is 11.9 Å². The van der Waals surface area contributed by atoms with Crippen molar-refractivity contribution in [2.75, 3.05) is 26.2 Å². The molecule has 0 bridgehead atoms. The van der Waals surface area contributed by atoms with Crippen molar-refractivity contribution in [2.24, 2.45) is 5.14 Å². The second kappa shape index (κ2) is 9.42. The van der Waals surface area contributed by atoms with Gasteiger partial charge in [-0.25, -0.2) is 13.6 Å². The first-order valence-corrected chi connectivity index (χ1v) is 11.3. The zero-order chi connectivity index (χ0) is 21.7. The zero-order valence-electron chi connectivity index (χ0n) is 17.0. The molecule has 1 fully saturated rings. The Kier molecular flexibility index (Phi) is 6.91. The highest BCUT2D eigenvalue weighted by Gasteiger charge is 2.28. The predicted octanol–water partition coefficient (Wildman–Crippen LogP) is 2.17. The average molecular weight is 430 g/mol. The van der Waals surface area contributed by atoms with E-state index in [0.717, 1.165) is 18.7 Å². The van der Waals surface area contributed by atoms with Crippen LogP contribution in [0.5, 0.6) is 5.75 Å². The molecule has 0 spiro atoms. The van der Waals surface area contributed by atoms with Gasteiger partial charge < -0.3 is 9.64 Å². The Morgan fingerprint density at radius 3 is 2.43 bits per heavy atom. The number of hydrogen-bond donors (Lipinski definition) is 1. The molecule has 1 aliphatic heterocycles. The SMILES string of the molecule is C=CC(=O)N1CCN(C[C@H](Oc2ccc(S(N)(=O)=O)cc2)c2ccccc2)C[C@H]1C. The molecule has 0 radical (unpaired) electrons. The Morgan fingerprint density at radius 1 is 1.20 bits per heavy atom. The van der Waals surface area contributed by atoms with Crippen LogP contribution in [0.2, 0.25) is 0 Å². The summed E-state index contributed by atoms with van der Waals surface area (Å²) in [6.07, 6.45) is 1.10. The summed E-state index contributed by atoms with van der Waals surface area (Å²) in [4.78, 5) is 16.1. The molecular weight excluding hydrogens is 402 g/mol. The van der Waals surface area contributed by atoms with Crippen LogP contribution in [-0.4, -0.2) is 56.3 Å². The fourth-order valence-corrected chi connectivity index (χ4v) is 4.14. The van der Waals surface area contributed by atoms with Crippen molar-refractivity contribution in [3.63, 3.8) is 0 Å². The summed E-state index contributed by atoms with van der Waals surface area (Å²) in [6, 6.07) is 16.0. The van der Waals surface area contributed by atoms with Gasteiger partial charge >= 0.3 is 0 Å². The van der Waals surface area contributed by atoms with Crippen molar-refractivity contribution in [3.8, 4) is 5.75 Å². The summed E-state index contributed by atoms with van der Waals surface area (Å²) < 4.78 is 29.2. The van der Waals surface area contributed by atoms with Gasteiger partial charge in [0.2, 0.25) is 15.9 Å². The number of ether oxygens (including phenoxy) is 1. The van der Waals surface area contributed by atoms with Crippen LogP contribution < -0.4 is 9.88 Å². The predicted molar refractivity (Wildman–Crippen MR) is 115 cm³/mol. The van der Waals surface area contributed by atoms with Crippen LogP contribution in [0, 0.1) is 0 Å². The fraction of sp³-hybridized carbons (Fsp3) is 0.318. The van der Waals surface area contributed by atoms with Crippen LogP contribution in [0.25, 0.3) is 0 Å². The highest BCUT2D eigenvalue weighted by Crippen LogP contribution is 2.25. The first-order valence-electron chi connectivity index (χ1n) is 9.78. The minimum absolute atomic E-state index is 0.0444. The van der Waals surface area contributed by atoms with E-state index >= 15 is 0 Å². The number of rotatable bonds is 7. The number of carbonyl (C=O) groups is 1. The van der Waals surface area contributed by atoms with Gasteiger partial charge in [-0.1, -0.05) is 36.9 Å². The quantitative estimate of drug-likeness (QED) is 0.681. The third-order valence-corrected chi connectivity index (χ3v) is 6.12. The van der Waals surface area contributed by atoms with E-state index in [1.54, 1.807) is 12.1 Å². The molecular formula is C22H27N3O4S. The number of sulfonamides is 1. The molecule has 3 rings (SSSR count). The molecule has 7 nitrogen and oxygen atoms in total. The maximum absolute atomic E-state index is 12.0. The monoisotopic (exact) mass is 429 g/mol. The van der Waals surface area contributed by atoms with Gasteiger partial charge in [0.25, 0.3) is 0 Å². The minimum Gasteiger partial charge on any atom is -0.484 e. The molecule has 2 atom stereocenters. The zero-order valence-corrected chi connectivity index (χ0v) is 17.8. The summed E-state index contributed by atoms with van der Waals surface area (Å²) in [6.45, 7) is 8.35. The lowest BCUT2D eigenvalue weighted by molar-refractivity contribution is -0.130. The number of primary sulfonamides is 1. The van der Waals surface area contributed by atoms with Crippen molar-refractivity contribution < 1.29 is 17.9 Å². The summed E-state index contributed by atoms with van der Waals surface area (Å²) in [5, 5.41) is 5.17. The van der Waals surface area contributed by atoms with E-state index in [-0.39, 0.29) is 22.9 Å². The second-order valence-electron chi connectivity index (χ2n) is 7.38. The van der Waals surface area contributed by atoms with Crippen LogP contribution in [0.1, 0.15) is 18.6 Å². The Balaban J connectivity index is 1.74. The molecule has 1 amide bonds. The van der Waals surface area contributed by atoms with Gasteiger partial charge in [-0.05, 0) is 42.8 Å². The van der Waals surface area contributed by atoms with Gasteiger partial charge in [-0.3, -0.25) is 9.69 Å². The maximum atomic E-state index is 12.0. The van der Waals surface area contributed by atoms with E-state index in [1.165, 1.54) is 18.2 Å². The first kappa shape index (κ1) is 22.0. The maximum Gasteiger partial charge on any atom is 0.246 e. The Bertz CT molecular complexity index is 977. The molecule has 0 aliphatic carbocycles. The second-order valence-corrected chi connectivity index (χ2v) is 8.94. The molecule has 1 aliphatic rings. The lowest BCUT2D eigenvalue weighted by Crippen LogP contribution is -2.54. The van der Waals surface area contributed by atoms with Crippen molar-refractivity contribution in [3.05, 3.63) is 72.8 Å². The summed E-state index contributed by atoms with van der Waals surface area (Å²) in [5.74, 6) is 0.512. The van der Waals surface area contributed by atoms with Crippen molar-refractivity contribution in [1.29, 1.82) is 0 Å². The van der Waals surface area contributed by atoms with E-state index in [0.29, 0.717) is 18.8 Å². The lowest BCUT2D eigenvalue weighted by Gasteiger charge is -2.40. The number of nitrogens with zero attached hydrogens (tertiary/aromatic N) is 2. The fourth-order valence-electron chi connectivity index (χ4n) is 3.63. The van der Waals surface area contributed by atoms with Crippen LogP contribution in [-0.2, 0) is 14.8 Å². The minimum atomic E-state index is -3.75. The van der Waals surface area contributed by atoms with Gasteiger partial charge in [0.05, 0.1) is 4.90 Å². The standard InChI is InChI=1S/C22H27N3O4S/c1-3-22(26)25-14-13-24(15-17(25)2)16-21(18-7-5-4-6-8-18)29-19-9-11-20(12-10-19)30(23,27)28/h3-12,17,21H,1,13-16H2,2H3,(H2,23,27,28)/t17-,21+/m1/s1. The normalized spacial score (nSPS) is 18.6. The van der Waals surface area contributed by atoms with Gasteiger partial charge in [-0.15, -0.1) is 0 Å². The summed E-state index contributed by atoms with van der Waals surface area (Å²) in [7, 11) is -3.75. The summed E-state index contributed by atoms with van der Waals surface area (Å²) >= 11 is 0. The number of piperazine rings is 1. The molecule has 8 heteroatoms. The molecule has 0 saturated carbocycles. The molecule has 2 N–H and O–H groups in total. The Morgan fingerprint density at radius 2 is 1.87 bits per heavy atom. The largest absolute Gasteiger partial charge is 0.484 e. The summed E-state index contributed by atoms with van der Waals surface area (Å²) in [5.41, 5.74) is 1.02. The van der Waals surface area contributed by atoms with Crippen molar-refractivity contribution in [2.45, 2.75) is 24.0 Å². The number of benzene rings is 2. The molecule has 0 aromatic heterocycles. The highest BCUT2D eigenvalue weighted by atomic mass is 32.2. The Labute approximate surface area is 177 Å². The number of carbonyl (C=O) groups excluding carboxylic acids is 1. The topological polar surface area (TPSA) is 92.9 Å². The highest BCUT2D eigenvalue weighted by molar-refractivity contribution is 7.89. The van der Waals surface area contributed by atoms with Gasteiger partial charge in [0.15, 0.2) is 0 Å². The third kappa shape index (κ3) is 5.47. The number of hydrogen-bond acceptors (Lipinski definition) is 5. The first-order chi connectivity index (χ1) is 14.3. The van der Waals surface area contributed by atoms with Crippen molar-refractivity contribution >= 4 is 15.9 Å². The third-order valence-electron chi connectivity index (χ3n) is 5.20. The molecule has 160 valence electrons. The number of amides is 1. The van der Waals surface area contributed by atoms with E-state index in [1.807, 2.05) is 42.2 Å². The van der Waals surface area contributed by atoms with Crippen LogP contribution in [0.15, 0.2) is 72.1 Å². The molecule has 1 saturated heterocycles. The van der Waals surface area contributed by atoms with Crippen LogP contribution in [0.3, 0.4) is 0 Å². The molecule has 30 heavy (non-hydrogen) atoms. The Hall–Kier alpha value is -2.68. The van der Waals surface area contributed by atoms with E-state index < -0.39 is 10.0 Å². The van der Waals surface area contributed by atoms with Gasteiger partial charge in [-0.2, -0.15) is 0 Å². The lowest BCUT2D eigenvalue weighted by atomic mass is 10.1. The molecule has 2 aromatic rings. The van der Waals surface area contributed by atoms with E-state index in [9.17, 15) is 13.2 Å². The molecule has 0 unspecified atom stereocenters. The number of nitrogens with two attached hydrogens (primary N) is 1. The van der Waals surface area contributed by atoms with E-state index in [2.05, 4.69) is 11.5 Å². The molecule has 2 aromatic carbocycles. The van der Waals surface area contributed by atoms with Crippen LogP contribution in [0.4, 0.5) is 0 Å². The average Bonchev–Trinajstić information content (AvgIpc) is 2.73. The van der Waals surface area contributed by atoms with Crippen molar-refractivity contribution in [1.82, 2.24) is 9.80 Å². The van der Waals surface area contributed by atoms with E-state index in [4.69, 9.17) is 9.88 Å². The van der Waals surface area contributed by atoms with Gasteiger partial charge in [0, 0.05) is 32.2 Å². The molecule has 1 heterocycles.